The molecule has 104 valence electrons. The number of phenols is 2. The largest absolute Gasteiger partial charge is 0.507 e. The second kappa shape index (κ2) is 5.11. The smallest absolute Gasteiger partial charge is 0.259 e. The molecule has 1 aromatic rings. The molecular weight excluding hydrogens is 242 g/mol. The van der Waals surface area contributed by atoms with Gasteiger partial charge in [-0.3, -0.25) is 4.79 Å². The van der Waals surface area contributed by atoms with Gasteiger partial charge in [-0.05, 0) is 30.4 Å². The Hall–Kier alpha value is -1.71. The maximum Gasteiger partial charge on any atom is 0.259 e. The molecule has 1 aliphatic rings. The van der Waals surface area contributed by atoms with Crippen LogP contribution in [0.25, 0.3) is 0 Å². The molecule has 19 heavy (non-hydrogen) atoms. The van der Waals surface area contributed by atoms with Crippen LogP contribution in [-0.2, 0) is 0 Å². The minimum atomic E-state index is -0.407. The van der Waals surface area contributed by atoms with E-state index in [4.69, 9.17) is 0 Å². The van der Waals surface area contributed by atoms with E-state index in [1.807, 2.05) is 0 Å². The Morgan fingerprint density at radius 1 is 1.26 bits per heavy atom. The lowest BCUT2D eigenvalue weighted by Crippen LogP contribution is -2.46. The molecule has 0 saturated heterocycles. The molecule has 0 spiro atoms. The molecule has 1 atom stereocenters. The molecule has 0 aromatic heterocycles. The van der Waals surface area contributed by atoms with Gasteiger partial charge in [0.05, 0.1) is 0 Å². The molecule has 4 heteroatoms. The molecule has 1 aliphatic carbocycles. The summed E-state index contributed by atoms with van der Waals surface area (Å²) in [6.45, 7) is 4.28. The minimum Gasteiger partial charge on any atom is -0.507 e. The molecular formula is C15H21NO3. The predicted octanol–water partition coefficient (Wildman–Crippen LogP) is 2.80. The lowest BCUT2D eigenvalue weighted by atomic mass is 9.73. The summed E-state index contributed by atoms with van der Waals surface area (Å²) in [5.74, 6) is -0.784. The summed E-state index contributed by atoms with van der Waals surface area (Å²) >= 11 is 0. The fourth-order valence-corrected chi connectivity index (χ4v) is 2.75. The highest BCUT2D eigenvalue weighted by molar-refractivity contribution is 5.99. The average Bonchev–Trinajstić information content (AvgIpc) is 2.31. The highest BCUT2D eigenvalue weighted by atomic mass is 16.3. The number of hydrogen-bond acceptors (Lipinski definition) is 3. The first-order chi connectivity index (χ1) is 8.92. The average molecular weight is 263 g/mol. The number of carbonyl (C=O) groups is 1. The summed E-state index contributed by atoms with van der Waals surface area (Å²) in [5, 5.41) is 22.3. The molecule has 3 N–H and O–H groups in total. The number of aromatic hydroxyl groups is 2. The zero-order valence-electron chi connectivity index (χ0n) is 11.4. The van der Waals surface area contributed by atoms with Crippen molar-refractivity contribution < 1.29 is 15.0 Å². The van der Waals surface area contributed by atoms with Crippen LogP contribution in [0.2, 0.25) is 0 Å². The molecule has 0 bridgehead atoms. The summed E-state index contributed by atoms with van der Waals surface area (Å²) in [4.78, 5) is 12.2. The van der Waals surface area contributed by atoms with Gasteiger partial charge >= 0.3 is 0 Å². The predicted molar refractivity (Wildman–Crippen MR) is 73.3 cm³/mol. The third-order valence-electron chi connectivity index (χ3n) is 4.06. The van der Waals surface area contributed by atoms with Crippen molar-refractivity contribution >= 4 is 5.91 Å². The standard InChI is InChI=1S/C15H21NO3/c1-15(2)9-4-3-8-12(15)16-14(19)13-10(17)6-5-7-11(13)18/h5-7,12,17-18H,3-4,8-9H2,1-2H3,(H,16,19). The molecule has 0 radical (unpaired) electrons. The number of carbonyl (C=O) groups excluding carboxylic acids is 1. The molecule has 0 aliphatic heterocycles. The lowest BCUT2D eigenvalue weighted by Gasteiger charge is -2.39. The topological polar surface area (TPSA) is 69.6 Å². The van der Waals surface area contributed by atoms with Crippen LogP contribution in [-0.4, -0.2) is 22.2 Å². The van der Waals surface area contributed by atoms with Gasteiger partial charge in [0.2, 0.25) is 0 Å². The van der Waals surface area contributed by atoms with Crippen molar-refractivity contribution in [2.45, 2.75) is 45.6 Å². The van der Waals surface area contributed by atoms with Gasteiger partial charge in [0.25, 0.3) is 5.91 Å². The second-order valence-electron chi connectivity index (χ2n) is 5.93. The van der Waals surface area contributed by atoms with Gasteiger partial charge in [0.1, 0.15) is 17.1 Å². The summed E-state index contributed by atoms with van der Waals surface area (Å²) < 4.78 is 0. The second-order valence-corrected chi connectivity index (χ2v) is 5.93. The normalized spacial score (nSPS) is 21.9. The molecule has 2 rings (SSSR count). The Morgan fingerprint density at radius 3 is 2.47 bits per heavy atom. The van der Waals surface area contributed by atoms with Crippen molar-refractivity contribution in [2.75, 3.05) is 0 Å². The molecule has 1 unspecified atom stereocenters. The van der Waals surface area contributed by atoms with Crippen molar-refractivity contribution in [3.8, 4) is 11.5 Å². The Balaban J connectivity index is 2.17. The maximum absolute atomic E-state index is 12.2. The number of hydrogen-bond donors (Lipinski definition) is 3. The third-order valence-corrected chi connectivity index (χ3v) is 4.06. The van der Waals surface area contributed by atoms with Crippen molar-refractivity contribution in [3.63, 3.8) is 0 Å². The van der Waals surface area contributed by atoms with Gasteiger partial charge < -0.3 is 15.5 Å². The van der Waals surface area contributed by atoms with Gasteiger partial charge in [0.15, 0.2) is 0 Å². The Bertz CT molecular complexity index is 462. The lowest BCUT2D eigenvalue weighted by molar-refractivity contribution is 0.0848. The minimum absolute atomic E-state index is 0.0381. The quantitative estimate of drug-likeness (QED) is 0.768. The molecule has 1 aromatic carbocycles. The van der Waals surface area contributed by atoms with Crippen LogP contribution in [0, 0.1) is 5.41 Å². The molecule has 1 saturated carbocycles. The highest BCUT2D eigenvalue weighted by Gasteiger charge is 2.34. The van der Waals surface area contributed by atoms with E-state index in [0.717, 1.165) is 19.3 Å². The van der Waals surface area contributed by atoms with Crippen LogP contribution in [0.1, 0.15) is 49.9 Å². The van der Waals surface area contributed by atoms with E-state index in [0.29, 0.717) is 0 Å². The SMILES string of the molecule is CC1(C)CCCCC1NC(=O)c1c(O)cccc1O. The van der Waals surface area contributed by atoms with Crippen LogP contribution in [0.15, 0.2) is 18.2 Å². The van der Waals surface area contributed by atoms with E-state index in [9.17, 15) is 15.0 Å². The molecule has 0 heterocycles. The van der Waals surface area contributed by atoms with Crippen molar-refractivity contribution in [1.29, 1.82) is 0 Å². The number of rotatable bonds is 2. The zero-order valence-corrected chi connectivity index (χ0v) is 11.4. The number of nitrogens with one attached hydrogen (secondary N) is 1. The molecule has 1 fully saturated rings. The fraction of sp³-hybridized carbons (Fsp3) is 0.533. The van der Waals surface area contributed by atoms with Crippen LogP contribution in [0.5, 0.6) is 11.5 Å². The van der Waals surface area contributed by atoms with Gasteiger partial charge in [-0.2, -0.15) is 0 Å². The Morgan fingerprint density at radius 2 is 1.89 bits per heavy atom. The fourth-order valence-electron chi connectivity index (χ4n) is 2.75. The number of phenolic OH excluding ortho intramolecular Hbond substituents is 2. The first-order valence-electron chi connectivity index (χ1n) is 6.73. The summed E-state index contributed by atoms with van der Waals surface area (Å²) in [6, 6.07) is 4.39. The first-order valence-corrected chi connectivity index (χ1v) is 6.73. The number of amides is 1. The van der Waals surface area contributed by atoms with Crippen molar-refractivity contribution in [1.82, 2.24) is 5.32 Å². The van der Waals surface area contributed by atoms with E-state index >= 15 is 0 Å². The van der Waals surface area contributed by atoms with Crippen LogP contribution < -0.4 is 5.32 Å². The van der Waals surface area contributed by atoms with E-state index < -0.39 is 5.91 Å². The summed E-state index contributed by atoms with van der Waals surface area (Å²) in [6.07, 6.45) is 4.29. The van der Waals surface area contributed by atoms with E-state index in [1.54, 1.807) is 0 Å². The number of benzene rings is 1. The van der Waals surface area contributed by atoms with Crippen LogP contribution >= 0.6 is 0 Å². The summed E-state index contributed by atoms with van der Waals surface area (Å²) in [7, 11) is 0. The van der Waals surface area contributed by atoms with Gasteiger partial charge in [0, 0.05) is 6.04 Å². The monoisotopic (exact) mass is 263 g/mol. The first kappa shape index (κ1) is 13.7. The third kappa shape index (κ3) is 2.83. The van der Waals surface area contributed by atoms with Crippen molar-refractivity contribution in [2.24, 2.45) is 5.41 Å². The van der Waals surface area contributed by atoms with Gasteiger partial charge in [-0.25, -0.2) is 0 Å². The Kier molecular flexibility index (Phi) is 3.69. The zero-order chi connectivity index (χ0) is 14.0. The van der Waals surface area contributed by atoms with E-state index in [1.165, 1.54) is 24.6 Å². The van der Waals surface area contributed by atoms with Gasteiger partial charge in [-0.15, -0.1) is 0 Å². The van der Waals surface area contributed by atoms with Crippen LogP contribution in [0.4, 0.5) is 0 Å². The summed E-state index contributed by atoms with van der Waals surface area (Å²) in [5.41, 5.74) is 0.0115. The van der Waals surface area contributed by atoms with E-state index in [-0.39, 0.29) is 28.5 Å². The van der Waals surface area contributed by atoms with E-state index in [2.05, 4.69) is 19.2 Å². The molecule has 1 amide bonds. The molecule has 4 nitrogen and oxygen atoms in total. The maximum atomic E-state index is 12.2. The van der Waals surface area contributed by atoms with Crippen LogP contribution in [0.3, 0.4) is 0 Å². The Labute approximate surface area is 113 Å². The van der Waals surface area contributed by atoms with Crippen molar-refractivity contribution in [3.05, 3.63) is 23.8 Å². The highest BCUT2D eigenvalue weighted by Crippen LogP contribution is 2.36. The van der Waals surface area contributed by atoms with Gasteiger partial charge in [-0.1, -0.05) is 32.8 Å².